The number of hydrogen-bond donors (Lipinski definition) is 1. The molecule has 0 radical (unpaired) electrons. The van der Waals surface area contributed by atoms with E-state index in [4.69, 9.17) is 11.6 Å². The van der Waals surface area contributed by atoms with E-state index in [9.17, 15) is 14.9 Å². The maximum atomic E-state index is 12.2. The molecule has 0 atom stereocenters. The highest BCUT2D eigenvalue weighted by Gasteiger charge is 2.16. The molecule has 1 aromatic heterocycles. The van der Waals surface area contributed by atoms with Crippen LogP contribution in [-0.2, 0) is 0 Å². The van der Waals surface area contributed by atoms with Crippen LogP contribution in [0.25, 0.3) is 5.69 Å². The van der Waals surface area contributed by atoms with Gasteiger partial charge in [-0.25, -0.2) is 10.1 Å². The van der Waals surface area contributed by atoms with Crippen LogP contribution in [0.2, 0.25) is 5.02 Å². The van der Waals surface area contributed by atoms with E-state index in [1.165, 1.54) is 16.8 Å². The molecule has 0 fully saturated rings. The number of nitro benzene ring substituents is 1. The second kappa shape index (κ2) is 7.97. The predicted octanol–water partition coefficient (Wildman–Crippen LogP) is 3.29. The van der Waals surface area contributed by atoms with Crippen LogP contribution in [0, 0.1) is 17.0 Å². The summed E-state index contributed by atoms with van der Waals surface area (Å²) in [6.45, 7) is 3.42. The van der Waals surface area contributed by atoms with Crippen molar-refractivity contribution >= 4 is 28.9 Å². The summed E-state index contributed by atoms with van der Waals surface area (Å²) in [6.07, 6.45) is 0. The number of carbonyl (C=O) groups excluding carboxylic acids is 1. The van der Waals surface area contributed by atoms with Gasteiger partial charge in [-0.2, -0.15) is 5.10 Å². The van der Waals surface area contributed by atoms with Crippen molar-refractivity contribution in [3.63, 3.8) is 0 Å². The van der Waals surface area contributed by atoms with Crippen molar-refractivity contribution in [1.29, 1.82) is 0 Å². The van der Waals surface area contributed by atoms with E-state index in [1.807, 2.05) is 0 Å². The van der Waals surface area contributed by atoms with Crippen LogP contribution in [0.1, 0.15) is 28.7 Å². The monoisotopic (exact) mass is 398 g/mol. The third kappa shape index (κ3) is 3.89. The number of nitrogens with one attached hydrogen (secondary N) is 1. The SMILES string of the molecule is C/C(=N/NC(=O)c1ccccc1Cl)c1nnn(-c2cccc([N+](=O)[O-])c2)c1C. The van der Waals surface area contributed by atoms with Crippen molar-refractivity contribution in [2.45, 2.75) is 13.8 Å². The first-order valence-corrected chi connectivity index (χ1v) is 8.53. The summed E-state index contributed by atoms with van der Waals surface area (Å²) in [5.41, 5.74) is 4.68. The fourth-order valence-corrected chi connectivity index (χ4v) is 2.76. The van der Waals surface area contributed by atoms with Gasteiger partial charge in [0.1, 0.15) is 5.69 Å². The molecule has 9 nitrogen and oxygen atoms in total. The Kier molecular flexibility index (Phi) is 5.46. The van der Waals surface area contributed by atoms with Crippen molar-refractivity contribution in [1.82, 2.24) is 20.4 Å². The zero-order valence-corrected chi connectivity index (χ0v) is 15.7. The van der Waals surface area contributed by atoms with Crippen molar-refractivity contribution < 1.29 is 9.72 Å². The van der Waals surface area contributed by atoms with E-state index in [2.05, 4.69) is 20.8 Å². The molecule has 142 valence electrons. The summed E-state index contributed by atoms with van der Waals surface area (Å²) >= 11 is 6.00. The Morgan fingerprint density at radius 1 is 1.25 bits per heavy atom. The summed E-state index contributed by atoms with van der Waals surface area (Å²) < 4.78 is 1.47. The van der Waals surface area contributed by atoms with E-state index in [-0.39, 0.29) is 5.69 Å². The predicted molar refractivity (Wildman–Crippen MR) is 104 cm³/mol. The molecule has 1 amide bonds. The Labute approximate surface area is 164 Å². The molecule has 0 saturated heterocycles. The highest BCUT2D eigenvalue weighted by atomic mass is 35.5. The van der Waals surface area contributed by atoms with Crippen LogP contribution in [0.5, 0.6) is 0 Å². The quantitative estimate of drug-likeness (QED) is 0.402. The first kappa shape index (κ1) is 19.2. The molecule has 0 bridgehead atoms. The van der Waals surface area contributed by atoms with Gasteiger partial charge >= 0.3 is 0 Å². The molecular formula is C18H15ClN6O3. The van der Waals surface area contributed by atoms with Crippen LogP contribution >= 0.6 is 11.6 Å². The molecule has 3 rings (SSSR count). The van der Waals surface area contributed by atoms with Crippen LogP contribution in [0.15, 0.2) is 53.6 Å². The fourth-order valence-electron chi connectivity index (χ4n) is 2.54. The number of aromatic nitrogens is 3. The second-order valence-electron chi connectivity index (χ2n) is 5.83. The fraction of sp³-hybridized carbons (Fsp3) is 0.111. The average molecular weight is 399 g/mol. The van der Waals surface area contributed by atoms with E-state index in [0.717, 1.165) is 0 Å². The zero-order chi connectivity index (χ0) is 20.3. The number of nitro groups is 1. The number of hydrazone groups is 1. The molecular weight excluding hydrogens is 384 g/mol. The maximum absolute atomic E-state index is 12.2. The third-order valence-corrected chi connectivity index (χ3v) is 4.30. The van der Waals surface area contributed by atoms with Gasteiger partial charge in [0, 0.05) is 12.1 Å². The number of nitrogens with zero attached hydrogens (tertiary/aromatic N) is 5. The standard InChI is InChI=1S/C18H15ClN6O3/c1-11(20-22-18(26)15-8-3-4-9-16(15)19)17-12(2)24(23-21-17)13-6-5-7-14(10-13)25(27)28/h3-10H,1-2H3,(H,22,26)/b20-11-. The lowest BCUT2D eigenvalue weighted by molar-refractivity contribution is -0.384. The number of benzene rings is 2. The lowest BCUT2D eigenvalue weighted by Gasteiger charge is -2.05. The molecule has 0 aliphatic carbocycles. The van der Waals surface area contributed by atoms with Crippen molar-refractivity contribution in [3.8, 4) is 5.69 Å². The highest BCUT2D eigenvalue weighted by molar-refractivity contribution is 6.33. The molecule has 1 N–H and O–H groups in total. The summed E-state index contributed by atoms with van der Waals surface area (Å²) in [7, 11) is 0. The number of rotatable bonds is 5. The van der Waals surface area contributed by atoms with Gasteiger partial charge in [-0.1, -0.05) is 35.0 Å². The molecule has 1 heterocycles. The van der Waals surface area contributed by atoms with Crippen molar-refractivity contribution in [2.75, 3.05) is 0 Å². The number of non-ortho nitro benzene ring substituents is 1. The Hall–Kier alpha value is -3.59. The largest absolute Gasteiger partial charge is 0.272 e. The minimum absolute atomic E-state index is 0.0497. The van der Waals surface area contributed by atoms with Gasteiger partial charge in [-0.15, -0.1) is 5.10 Å². The molecule has 0 aliphatic rings. The van der Waals surface area contributed by atoms with Gasteiger partial charge in [-0.05, 0) is 32.0 Å². The maximum Gasteiger partial charge on any atom is 0.272 e. The van der Waals surface area contributed by atoms with Crippen LogP contribution in [0.3, 0.4) is 0 Å². The van der Waals surface area contributed by atoms with Crippen molar-refractivity contribution in [2.24, 2.45) is 5.10 Å². The number of halogens is 1. The van der Waals surface area contributed by atoms with E-state index in [1.54, 1.807) is 50.2 Å². The van der Waals surface area contributed by atoms with Gasteiger partial charge in [0.05, 0.1) is 32.6 Å². The molecule has 2 aromatic carbocycles. The summed E-state index contributed by atoms with van der Waals surface area (Å²) in [5.74, 6) is -0.450. The summed E-state index contributed by atoms with van der Waals surface area (Å²) in [6, 6.07) is 12.7. The molecule has 0 spiro atoms. The minimum atomic E-state index is -0.479. The van der Waals surface area contributed by atoms with E-state index >= 15 is 0 Å². The van der Waals surface area contributed by atoms with E-state index in [0.29, 0.717) is 33.4 Å². The van der Waals surface area contributed by atoms with Crippen LogP contribution in [0.4, 0.5) is 5.69 Å². The molecule has 28 heavy (non-hydrogen) atoms. The van der Waals surface area contributed by atoms with Crippen LogP contribution in [-0.4, -0.2) is 31.5 Å². The highest BCUT2D eigenvalue weighted by Crippen LogP contribution is 2.19. The first-order chi connectivity index (χ1) is 13.4. The number of carbonyl (C=O) groups is 1. The number of hydrogen-bond acceptors (Lipinski definition) is 6. The van der Waals surface area contributed by atoms with Crippen LogP contribution < -0.4 is 5.43 Å². The van der Waals surface area contributed by atoms with Gasteiger partial charge in [0.15, 0.2) is 0 Å². The van der Waals surface area contributed by atoms with Gasteiger partial charge in [0.25, 0.3) is 11.6 Å². The topological polar surface area (TPSA) is 115 Å². The Morgan fingerprint density at radius 2 is 2.00 bits per heavy atom. The smallest absolute Gasteiger partial charge is 0.267 e. The molecule has 0 aliphatic heterocycles. The molecule has 0 saturated carbocycles. The van der Waals surface area contributed by atoms with Gasteiger partial charge in [0.2, 0.25) is 0 Å². The minimum Gasteiger partial charge on any atom is -0.267 e. The third-order valence-electron chi connectivity index (χ3n) is 3.97. The molecule has 3 aromatic rings. The zero-order valence-electron chi connectivity index (χ0n) is 15.0. The Morgan fingerprint density at radius 3 is 2.71 bits per heavy atom. The van der Waals surface area contributed by atoms with Crippen molar-refractivity contribution in [3.05, 3.63) is 80.6 Å². The lowest BCUT2D eigenvalue weighted by atomic mass is 10.2. The van der Waals surface area contributed by atoms with E-state index < -0.39 is 10.8 Å². The normalized spacial score (nSPS) is 11.3. The van der Waals surface area contributed by atoms with Gasteiger partial charge < -0.3 is 0 Å². The second-order valence-corrected chi connectivity index (χ2v) is 6.24. The van der Waals surface area contributed by atoms with Gasteiger partial charge in [-0.3, -0.25) is 14.9 Å². The Balaban J connectivity index is 1.84. The first-order valence-electron chi connectivity index (χ1n) is 8.15. The summed E-state index contributed by atoms with van der Waals surface area (Å²) in [4.78, 5) is 22.7. The summed E-state index contributed by atoms with van der Waals surface area (Å²) in [5, 5.41) is 23.5. The Bertz CT molecular complexity index is 1090. The number of amides is 1. The average Bonchev–Trinajstić information content (AvgIpc) is 3.07. The lowest BCUT2D eigenvalue weighted by Crippen LogP contribution is -2.20. The molecule has 0 unspecified atom stereocenters. The molecule has 10 heteroatoms.